The van der Waals surface area contributed by atoms with E-state index in [1.54, 1.807) is 12.1 Å². The number of hydrogen-bond donors (Lipinski definition) is 0. The molecule has 2 rings (SSSR count). The van der Waals surface area contributed by atoms with E-state index in [0.717, 1.165) is 0 Å². The SMILES string of the molecule is Fc1ccc(-c2c(Cl)nc(CCl)nc2Cl)cc1. The second kappa shape index (κ2) is 5.17. The fraction of sp³-hybridized carbons (Fsp3) is 0.0909. The normalized spacial score (nSPS) is 10.6. The Morgan fingerprint density at radius 1 is 1.00 bits per heavy atom. The summed E-state index contributed by atoms with van der Waals surface area (Å²) >= 11 is 17.6. The fourth-order valence-electron chi connectivity index (χ4n) is 1.36. The van der Waals surface area contributed by atoms with E-state index in [2.05, 4.69) is 9.97 Å². The van der Waals surface area contributed by atoms with Crippen molar-refractivity contribution < 1.29 is 4.39 Å². The van der Waals surface area contributed by atoms with Crippen LogP contribution in [0.1, 0.15) is 5.82 Å². The molecule has 0 N–H and O–H groups in total. The lowest BCUT2D eigenvalue weighted by Gasteiger charge is -2.07. The van der Waals surface area contributed by atoms with E-state index in [1.807, 2.05) is 0 Å². The second-order valence-corrected chi connectivity index (χ2v) is 4.22. The molecule has 0 amide bonds. The van der Waals surface area contributed by atoms with Crippen LogP contribution in [0.25, 0.3) is 11.1 Å². The zero-order valence-electron chi connectivity index (χ0n) is 8.42. The van der Waals surface area contributed by atoms with Crippen molar-refractivity contribution in [1.29, 1.82) is 0 Å². The van der Waals surface area contributed by atoms with Gasteiger partial charge in [-0.15, -0.1) is 11.6 Å². The van der Waals surface area contributed by atoms with E-state index in [9.17, 15) is 4.39 Å². The van der Waals surface area contributed by atoms with Gasteiger partial charge in [0.1, 0.15) is 21.9 Å². The Kier molecular flexibility index (Phi) is 3.82. The van der Waals surface area contributed by atoms with Gasteiger partial charge in [-0.3, -0.25) is 0 Å². The van der Waals surface area contributed by atoms with Crippen molar-refractivity contribution in [3.8, 4) is 11.1 Å². The highest BCUT2D eigenvalue weighted by atomic mass is 35.5. The molecule has 0 fully saturated rings. The predicted octanol–water partition coefficient (Wildman–Crippen LogP) is 4.33. The molecule has 0 saturated carbocycles. The van der Waals surface area contributed by atoms with Gasteiger partial charge in [-0.05, 0) is 17.7 Å². The Morgan fingerprint density at radius 2 is 1.53 bits per heavy atom. The molecule has 2 nitrogen and oxygen atoms in total. The van der Waals surface area contributed by atoms with E-state index >= 15 is 0 Å². The summed E-state index contributed by atoms with van der Waals surface area (Å²) < 4.78 is 12.8. The molecule has 0 aliphatic rings. The maximum Gasteiger partial charge on any atom is 0.146 e. The first-order valence-electron chi connectivity index (χ1n) is 4.65. The zero-order chi connectivity index (χ0) is 12.4. The molecular weight excluding hydrogens is 285 g/mol. The topological polar surface area (TPSA) is 25.8 Å². The minimum absolute atomic E-state index is 0.128. The molecule has 2 aromatic rings. The lowest BCUT2D eigenvalue weighted by atomic mass is 10.1. The summed E-state index contributed by atoms with van der Waals surface area (Å²) in [5.74, 6) is 0.148. The molecule has 1 heterocycles. The van der Waals surface area contributed by atoms with Gasteiger partial charge in [0.2, 0.25) is 0 Å². The highest BCUT2D eigenvalue weighted by Gasteiger charge is 2.13. The second-order valence-electron chi connectivity index (χ2n) is 3.24. The highest BCUT2D eigenvalue weighted by Crippen LogP contribution is 2.32. The van der Waals surface area contributed by atoms with Crippen LogP contribution in [0, 0.1) is 5.82 Å². The lowest BCUT2D eigenvalue weighted by Crippen LogP contribution is -1.96. The summed E-state index contributed by atoms with van der Waals surface area (Å²) in [7, 11) is 0. The van der Waals surface area contributed by atoms with E-state index in [0.29, 0.717) is 17.0 Å². The van der Waals surface area contributed by atoms with Crippen LogP contribution in [-0.4, -0.2) is 9.97 Å². The van der Waals surface area contributed by atoms with Crippen molar-refractivity contribution in [2.45, 2.75) is 5.88 Å². The van der Waals surface area contributed by atoms with Crippen molar-refractivity contribution in [3.63, 3.8) is 0 Å². The zero-order valence-corrected chi connectivity index (χ0v) is 10.7. The van der Waals surface area contributed by atoms with Crippen molar-refractivity contribution in [2.24, 2.45) is 0 Å². The molecule has 1 aromatic heterocycles. The third-order valence-electron chi connectivity index (χ3n) is 2.12. The third-order valence-corrected chi connectivity index (χ3v) is 2.91. The minimum Gasteiger partial charge on any atom is -0.219 e. The molecular formula is C11H6Cl3FN2. The molecule has 0 aliphatic carbocycles. The molecule has 0 atom stereocenters. The van der Waals surface area contributed by atoms with Gasteiger partial charge in [-0.1, -0.05) is 35.3 Å². The number of benzene rings is 1. The van der Waals surface area contributed by atoms with Gasteiger partial charge < -0.3 is 0 Å². The maximum absolute atomic E-state index is 12.8. The largest absolute Gasteiger partial charge is 0.219 e. The van der Waals surface area contributed by atoms with Gasteiger partial charge in [0, 0.05) is 0 Å². The van der Waals surface area contributed by atoms with Crippen molar-refractivity contribution >= 4 is 34.8 Å². The molecule has 0 spiro atoms. The molecule has 1 aromatic carbocycles. The Balaban J connectivity index is 2.55. The molecule has 0 bridgehead atoms. The number of aromatic nitrogens is 2. The molecule has 0 saturated heterocycles. The molecule has 0 unspecified atom stereocenters. The number of rotatable bonds is 2. The summed E-state index contributed by atoms with van der Waals surface area (Å²) in [5.41, 5.74) is 1.13. The van der Waals surface area contributed by atoms with Gasteiger partial charge in [0.15, 0.2) is 0 Å². The van der Waals surface area contributed by atoms with Crippen molar-refractivity contribution in [3.05, 3.63) is 46.2 Å². The van der Waals surface area contributed by atoms with Crippen LogP contribution in [0.15, 0.2) is 24.3 Å². The molecule has 6 heteroatoms. The van der Waals surface area contributed by atoms with Crippen LogP contribution in [0.5, 0.6) is 0 Å². The van der Waals surface area contributed by atoms with Crippen LogP contribution in [0.3, 0.4) is 0 Å². The van der Waals surface area contributed by atoms with Crippen LogP contribution >= 0.6 is 34.8 Å². The first-order valence-corrected chi connectivity index (χ1v) is 5.94. The maximum atomic E-state index is 12.8. The van der Waals surface area contributed by atoms with Crippen LogP contribution < -0.4 is 0 Å². The van der Waals surface area contributed by atoms with E-state index < -0.39 is 0 Å². The van der Waals surface area contributed by atoms with E-state index in [-0.39, 0.29) is 22.0 Å². The first kappa shape index (κ1) is 12.6. The molecule has 0 aliphatic heterocycles. The smallest absolute Gasteiger partial charge is 0.146 e. The van der Waals surface area contributed by atoms with Crippen molar-refractivity contribution in [1.82, 2.24) is 9.97 Å². The predicted molar refractivity (Wildman–Crippen MR) is 67.0 cm³/mol. The monoisotopic (exact) mass is 290 g/mol. The summed E-state index contributed by atoms with van der Waals surface area (Å²) in [6.07, 6.45) is 0. The summed E-state index contributed by atoms with van der Waals surface area (Å²) in [5, 5.41) is 0.402. The summed E-state index contributed by atoms with van der Waals surface area (Å²) in [6, 6.07) is 5.76. The van der Waals surface area contributed by atoms with Gasteiger partial charge in [0.05, 0.1) is 11.4 Å². The third kappa shape index (κ3) is 2.68. The average molecular weight is 292 g/mol. The number of alkyl halides is 1. The Hall–Kier alpha value is -0.900. The Bertz CT molecular complexity index is 520. The van der Waals surface area contributed by atoms with E-state index in [4.69, 9.17) is 34.8 Å². The lowest BCUT2D eigenvalue weighted by molar-refractivity contribution is 0.628. The average Bonchev–Trinajstić information content (AvgIpc) is 2.30. The Labute approximate surface area is 112 Å². The van der Waals surface area contributed by atoms with Crippen LogP contribution in [0.4, 0.5) is 4.39 Å². The molecule has 17 heavy (non-hydrogen) atoms. The summed E-state index contributed by atoms with van der Waals surface area (Å²) in [4.78, 5) is 7.99. The quantitative estimate of drug-likeness (QED) is 0.608. The summed E-state index contributed by atoms with van der Waals surface area (Å²) in [6.45, 7) is 0. The number of halogens is 4. The van der Waals surface area contributed by atoms with Crippen molar-refractivity contribution in [2.75, 3.05) is 0 Å². The van der Waals surface area contributed by atoms with Gasteiger partial charge >= 0.3 is 0 Å². The van der Waals surface area contributed by atoms with Crippen LogP contribution in [0.2, 0.25) is 10.3 Å². The molecule has 88 valence electrons. The number of hydrogen-bond acceptors (Lipinski definition) is 2. The van der Waals surface area contributed by atoms with Crippen LogP contribution in [-0.2, 0) is 5.88 Å². The first-order chi connectivity index (χ1) is 8.11. The fourth-order valence-corrected chi connectivity index (χ4v) is 2.12. The number of nitrogens with zero attached hydrogens (tertiary/aromatic N) is 2. The van der Waals surface area contributed by atoms with Gasteiger partial charge in [-0.2, -0.15) is 0 Å². The minimum atomic E-state index is -0.334. The van der Waals surface area contributed by atoms with E-state index in [1.165, 1.54) is 12.1 Å². The standard InChI is InChI=1S/C11H6Cl3FN2/c12-5-8-16-10(13)9(11(14)17-8)6-1-3-7(15)4-2-6/h1-4H,5H2. The Morgan fingerprint density at radius 3 is 2.00 bits per heavy atom. The van der Waals surface area contributed by atoms with Gasteiger partial charge in [-0.25, -0.2) is 14.4 Å². The highest BCUT2D eigenvalue weighted by molar-refractivity contribution is 6.37. The van der Waals surface area contributed by atoms with Gasteiger partial charge in [0.25, 0.3) is 0 Å². The molecule has 0 radical (unpaired) electrons.